The maximum atomic E-state index is 8.59. The van der Waals surface area contributed by atoms with Crippen molar-refractivity contribution in [3.63, 3.8) is 0 Å². The Bertz CT molecular complexity index is 326. The highest BCUT2D eigenvalue weighted by Crippen LogP contribution is 2.15. The Morgan fingerprint density at radius 1 is 1.50 bits per heavy atom. The normalized spacial score (nSPS) is 13.1. The van der Waals surface area contributed by atoms with Gasteiger partial charge in [-0.25, -0.2) is 0 Å². The fraction of sp³-hybridized carbons (Fsp3) is 0.125. The van der Waals surface area contributed by atoms with Crippen LogP contribution in [0.1, 0.15) is 11.4 Å². The van der Waals surface area contributed by atoms with E-state index >= 15 is 0 Å². The van der Waals surface area contributed by atoms with Crippen LogP contribution in [0.25, 0.3) is 6.08 Å². The van der Waals surface area contributed by atoms with Crippen LogP contribution in [-0.2, 0) is 6.54 Å². The van der Waals surface area contributed by atoms with Crippen LogP contribution >= 0.6 is 0 Å². The minimum absolute atomic E-state index is 0.750. The second-order valence-corrected chi connectivity index (χ2v) is 2.27. The zero-order chi connectivity index (χ0) is 6.97. The van der Waals surface area contributed by atoms with Crippen molar-refractivity contribution in [3.8, 4) is 6.07 Å². The SMILES string of the molecule is N#Cc1ccc2n1CC=C2. The highest BCUT2D eigenvalue weighted by molar-refractivity contribution is 5.52. The van der Waals surface area contributed by atoms with Crippen molar-refractivity contribution in [2.75, 3.05) is 0 Å². The van der Waals surface area contributed by atoms with Crippen molar-refractivity contribution >= 4 is 6.08 Å². The van der Waals surface area contributed by atoms with Gasteiger partial charge in [0.1, 0.15) is 11.8 Å². The average Bonchev–Trinajstić information content (AvgIpc) is 2.44. The molecule has 2 heterocycles. The van der Waals surface area contributed by atoms with Gasteiger partial charge >= 0.3 is 0 Å². The lowest BCUT2D eigenvalue weighted by Gasteiger charge is -1.95. The number of hydrogen-bond acceptors (Lipinski definition) is 1. The van der Waals surface area contributed by atoms with Crippen LogP contribution in [0.2, 0.25) is 0 Å². The maximum Gasteiger partial charge on any atom is 0.120 e. The molecule has 0 aromatic carbocycles. The van der Waals surface area contributed by atoms with Gasteiger partial charge in [-0.2, -0.15) is 5.26 Å². The van der Waals surface area contributed by atoms with E-state index in [0.717, 1.165) is 17.9 Å². The van der Waals surface area contributed by atoms with E-state index in [4.69, 9.17) is 5.26 Å². The molecule has 0 bridgehead atoms. The summed E-state index contributed by atoms with van der Waals surface area (Å²) in [6.07, 6.45) is 4.08. The number of rotatable bonds is 0. The van der Waals surface area contributed by atoms with Crippen LogP contribution in [0.5, 0.6) is 0 Å². The summed E-state index contributed by atoms with van der Waals surface area (Å²) in [5, 5.41) is 8.59. The highest BCUT2D eigenvalue weighted by atomic mass is 15.0. The van der Waals surface area contributed by atoms with Crippen molar-refractivity contribution < 1.29 is 0 Å². The lowest BCUT2D eigenvalue weighted by atomic mass is 10.4. The van der Waals surface area contributed by atoms with Gasteiger partial charge in [-0.3, -0.25) is 0 Å². The van der Waals surface area contributed by atoms with Crippen LogP contribution in [0, 0.1) is 11.3 Å². The van der Waals surface area contributed by atoms with Crippen molar-refractivity contribution in [2.45, 2.75) is 6.54 Å². The molecule has 0 atom stereocenters. The molecule has 1 aliphatic rings. The first-order valence-electron chi connectivity index (χ1n) is 3.18. The number of hydrogen-bond donors (Lipinski definition) is 0. The number of allylic oxidation sites excluding steroid dienone is 1. The predicted molar refractivity (Wildman–Crippen MR) is 38.2 cm³/mol. The van der Waals surface area contributed by atoms with Crippen LogP contribution < -0.4 is 0 Å². The van der Waals surface area contributed by atoms with Gasteiger partial charge in [0.15, 0.2) is 0 Å². The number of nitriles is 1. The van der Waals surface area contributed by atoms with E-state index in [1.54, 1.807) is 0 Å². The molecule has 48 valence electrons. The first-order chi connectivity index (χ1) is 4.92. The molecule has 0 radical (unpaired) electrons. The molecule has 0 unspecified atom stereocenters. The molecule has 1 aliphatic heterocycles. The molecular weight excluding hydrogens is 124 g/mol. The average molecular weight is 130 g/mol. The summed E-state index contributed by atoms with van der Waals surface area (Å²) in [6, 6.07) is 5.94. The van der Waals surface area contributed by atoms with Crippen molar-refractivity contribution in [1.82, 2.24) is 4.57 Å². The summed E-state index contributed by atoms with van der Waals surface area (Å²) in [6.45, 7) is 0.852. The van der Waals surface area contributed by atoms with Gasteiger partial charge in [0, 0.05) is 12.2 Å². The lowest BCUT2D eigenvalue weighted by molar-refractivity contribution is 0.832. The third-order valence-electron chi connectivity index (χ3n) is 1.71. The molecule has 2 rings (SSSR count). The minimum atomic E-state index is 0.750. The molecule has 1 aromatic rings. The lowest BCUT2D eigenvalue weighted by Crippen LogP contribution is -1.94. The monoisotopic (exact) mass is 130 g/mol. The third-order valence-corrected chi connectivity index (χ3v) is 1.71. The second kappa shape index (κ2) is 1.74. The van der Waals surface area contributed by atoms with Crippen molar-refractivity contribution in [1.29, 1.82) is 5.26 Å². The molecular formula is C8H6N2. The van der Waals surface area contributed by atoms with E-state index in [0.29, 0.717) is 0 Å². The molecule has 0 spiro atoms. The first kappa shape index (κ1) is 5.31. The van der Waals surface area contributed by atoms with Gasteiger partial charge in [-0.05, 0) is 18.2 Å². The molecule has 0 fully saturated rings. The predicted octanol–water partition coefficient (Wildman–Crippen LogP) is 1.39. The zero-order valence-corrected chi connectivity index (χ0v) is 5.41. The Balaban J connectivity index is 2.63. The largest absolute Gasteiger partial charge is 0.329 e. The molecule has 1 aromatic heterocycles. The Morgan fingerprint density at radius 2 is 2.40 bits per heavy atom. The fourth-order valence-electron chi connectivity index (χ4n) is 1.21. The smallest absolute Gasteiger partial charge is 0.120 e. The second-order valence-electron chi connectivity index (χ2n) is 2.27. The van der Waals surface area contributed by atoms with Gasteiger partial charge in [-0.15, -0.1) is 0 Å². The van der Waals surface area contributed by atoms with Crippen LogP contribution in [-0.4, -0.2) is 4.57 Å². The standard InChI is InChI=1S/C8H6N2/c9-6-8-4-3-7-2-1-5-10(7)8/h1-4H,5H2. The van der Waals surface area contributed by atoms with Crippen LogP contribution in [0.15, 0.2) is 18.2 Å². The summed E-state index contributed by atoms with van der Waals surface area (Å²) in [5.41, 5.74) is 1.89. The van der Waals surface area contributed by atoms with Gasteiger partial charge in [0.25, 0.3) is 0 Å². The topological polar surface area (TPSA) is 28.7 Å². The molecule has 10 heavy (non-hydrogen) atoms. The highest BCUT2D eigenvalue weighted by Gasteiger charge is 2.06. The number of fused-ring (bicyclic) bond motifs is 1. The Morgan fingerprint density at radius 3 is 3.20 bits per heavy atom. The third kappa shape index (κ3) is 0.519. The van der Waals surface area contributed by atoms with Gasteiger partial charge in [0.2, 0.25) is 0 Å². The fourth-order valence-corrected chi connectivity index (χ4v) is 1.21. The van der Waals surface area contributed by atoms with Gasteiger partial charge in [-0.1, -0.05) is 6.08 Å². The molecule has 2 nitrogen and oxygen atoms in total. The van der Waals surface area contributed by atoms with E-state index < -0.39 is 0 Å². The summed E-state index contributed by atoms with van der Waals surface area (Å²) in [5.74, 6) is 0. The minimum Gasteiger partial charge on any atom is -0.329 e. The van der Waals surface area contributed by atoms with Crippen LogP contribution in [0.3, 0.4) is 0 Å². The summed E-state index contributed by atoms with van der Waals surface area (Å²) < 4.78 is 1.99. The quantitative estimate of drug-likeness (QED) is 0.521. The number of nitrogens with zero attached hydrogens (tertiary/aromatic N) is 2. The number of aromatic nitrogens is 1. The summed E-state index contributed by atoms with van der Waals surface area (Å²) in [4.78, 5) is 0. The summed E-state index contributed by atoms with van der Waals surface area (Å²) >= 11 is 0. The Labute approximate surface area is 59.0 Å². The van der Waals surface area contributed by atoms with Gasteiger partial charge in [0.05, 0.1) is 0 Å². The maximum absolute atomic E-state index is 8.59. The molecule has 0 saturated heterocycles. The molecule has 0 amide bonds. The van der Waals surface area contributed by atoms with E-state index in [9.17, 15) is 0 Å². The zero-order valence-electron chi connectivity index (χ0n) is 5.41. The molecule has 0 N–H and O–H groups in total. The first-order valence-corrected chi connectivity index (χ1v) is 3.18. The molecule has 2 heteroatoms. The van der Waals surface area contributed by atoms with Crippen molar-refractivity contribution in [2.24, 2.45) is 0 Å². The van der Waals surface area contributed by atoms with Crippen molar-refractivity contribution in [3.05, 3.63) is 29.6 Å². The van der Waals surface area contributed by atoms with E-state index in [1.165, 1.54) is 0 Å². The Kier molecular flexibility index (Phi) is 0.925. The molecule has 0 saturated carbocycles. The summed E-state index contributed by atoms with van der Waals surface area (Å²) in [7, 11) is 0. The van der Waals surface area contributed by atoms with E-state index in [2.05, 4.69) is 12.1 Å². The van der Waals surface area contributed by atoms with E-state index in [1.807, 2.05) is 22.8 Å². The molecule has 0 aliphatic carbocycles. The van der Waals surface area contributed by atoms with E-state index in [-0.39, 0.29) is 0 Å². The van der Waals surface area contributed by atoms with Crippen LogP contribution in [0.4, 0.5) is 0 Å². The van der Waals surface area contributed by atoms with Gasteiger partial charge < -0.3 is 4.57 Å². The Hall–Kier alpha value is -1.49.